The van der Waals surface area contributed by atoms with Crippen LogP contribution in [-0.4, -0.2) is 24.5 Å². The van der Waals surface area contributed by atoms with Crippen LogP contribution < -0.4 is 0 Å². The van der Waals surface area contributed by atoms with Crippen molar-refractivity contribution in [3.05, 3.63) is 24.5 Å². The first-order valence-corrected chi connectivity index (χ1v) is 5.82. The van der Waals surface area contributed by atoms with Crippen LogP contribution >= 0.6 is 0 Å². The third kappa shape index (κ3) is 1.39. The van der Waals surface area contributed by atoms with Gasteiger partial charge in [-0.25, -0.2) is 8.42 Å². The van der Waals surface area contributed by atoms with Gasteiger partial charge in [-0.2, -0.15) is 0 Å². The summed E-state index contributed by atoms with van der Waals surface area (Å²) in [7, 11) is -2.74. The lowest BCUT2D eigenvalue weighted by atomic mass is 10.3. The van der Waals surface area contributed by atoms with Gasteiger partial charge in [0.25, 0.3) is 0 Å². The van der Waals surface area contributed by atoms with E-state index in [-0.39, 0.29) is 6.04 Å². The van der Waals surface area contributed by atoms with Crippen LogP contribution in [0.2, 0.25) is 0 Å². The van der Waals surface area contributed by atoms with Crippen molar-refractivity contribution < 1.29 is 8.42 Å². The van der Waals surface area contributed by atoms with E-state index in [1.54, 1.807) is 0 Å². The lowest BCUT2D eigenvalue weighted by Crippen LogP contribution is -2.08. The van der Waals surface area contributed by atoms with Gasteiger partial charge in [-0.1, -0.05) is 0 Å². The van der Waals surface area contributed by atoms with Crippen LogP contribution in [0.3, 0.4) is 0 Å². The number of rotatable bonds is 1. The molecule has 0 aromatic carbocycles. The van der Waals surface area contributed by atoms with Gasteiger partial charge in [0.2, 0.25) is 0 Å². The fraction of sp³-hybridized carbons (Fsp3) is 0.500. The van der Waals surface area contributed by atoms with Crippen molar-refractivity contribution in [2.24, 2.45) is 0 Å². The summed E-state index contributed by atoms with van der Waals surface area (Å²) in [6, 6.07) is 4.01. The van der Waals surface area contributed by atoms with E-state index in [4.69, 9.17) is 0 Å². The zero-order valence-corrected chi connectivity index (χ0v) is 7.50. The summed E-state index contributed by atoms with van der Waals surface area (Å²) < 4.78 is 24.2. The van der Waals surface area contributed by atoms with E-state index in [0.29, 0.717) is 11.5 Å². The Balaban J connectivity index is 2.21. The molecule has 12 heavy (non-hydrogen) atoms. The van der Waals surface area contributed by atoms with Gasteiger partial charge in [-0.15, -0.1) is 0 Å². The molecule has 0 bridgehead atoms. The third-order valence-electron chi connectivity index (χ3n) is 2.26. The van der Waals surface area contributed by atoms with Crippen molar-refractivity contribution in [2.75, 3.05) is 11.5 Å². The maximum atomic E-state index is 11.1. The first-order chi connectivity index (χ1) is 5.67. The molecular formula is C8H11NO2S. The molecule has 3 nitrogen and oxygen atoms in total. The summed E-state index contributed by atoms with van der Waals surface area (Å²) in [4.78, 5) is 0. The maximum Gasteiger partial charge on any atom is 0.152 e. The highest BCUT2D eigenvalue weighted by Crippen LogP contribution is 2.22. The van der Waals surface area contributed by atoms with Gasteiger partial charge in [0.05, 0.1) is 11.5 Å². The second-order valence-electron chi connectivity index (χ2n) is 3.19. The molecule has 2 rings (SSSR count). The molecule has 0 N–H and O–H groups in total. The van der Waals surface area contributed by atoms with Crippen molar-refractivity contribution >= 4 is 9.84 Å². The highest BCUT2D eigenvalue weighted by atomic mass is 32.2. The summed E-state index contributed by atoms with van der Waals surface area (Å²) in [5.74, 6) is 0.650. The molecule has 0 amide bonds. The van der Waals surface area contributed by atoms with Gasteiger partial charge >= 0.3 is 0 Å². The summed E-state index contributed by atoms with van der Waals surface area (Å²) >= 11 is 0. The average Bonchev–Trinajstić information content (AvgIpc) is 2.55. The monoisotopic (exact) mass is 185 g/mol. The Kier molecular flexibility index (Phi) is 1.72. The van der Waals surface area contributed by atoms with E-state index in [2.05, 4.69) is 0 Å². The first kappa shape index (κ1) is 7.86. The second-order valence-corrected chi connectivity index (χ2v) is 5.42. The molecule has 1 fully saturated rings. The molecule has 1 unspecified atom stereocenters. The van der Waals surface area contributed by atoms with Crippen LogP contribution in [0.15, 0.2) is 24.5 Å². The number of hydrogen-bond acceptors (Lipinski definition) is 2. The lowest BCUT2D eigenvalue weighted by Gasteiger charge is -2.08. The van der Waals surface area contributed by atoms with E-state index in [0.717, 1.165) is 6.42 Å². The fourth-order valence-corrected chi connectivity index (χ4v) is 3.32. The molecule has 0 radical (unpaired) electrons. The maximum absolute atomic E-state index is 11.1. The Hall–Kier alpha value is -0.770. The molecule has 4 heteroatoms. The van der Waals surface area contributed by atoms with E-state index < -0.39 is 9.84 Å². The molecule has 0 saturated carbocycles. The molecule has 0 aliphatic carbocycles. The van der Waals surface area contributed by atoms with Crippen LogP contribution in [0.4, 0.5) is 0 Å². The molecular weight excluding hydrogens is 174 g/mol. The molecule has 1 aliphatic heterocycles. The molecule has 2 heterocycles. The second kappa shape index (κ2) is 2.62. The van der Waals surface area contributed by atoms with Crippen LogP contribution in [-0.2, 0) is 9.84 Å². The fourth-order valence-electron chi connectivity index (χ4n) is 1.60. The third-order valence-corrected chi connectivity index (χ3v) is 4.01. The number of nitrogens with zero attached hydrogens (tertiary/aromatic N) is 1. The highest BCUT2D eigenvalue weighted by Gasteiger charge is 2.28. The Morgan fingerprint density at radius 2 is 1.92 bits per heavy atom. The zero-order valence-electron chi connectivity index (χ0n) is 6.68. The zero-order chi connectivity index (χ0) is 8.60. The Labute approximate surface area is 71.9 Å². The minimum Gasteiger partial charge on any atom is -0.350 e. The van der Waals surface area contributed by atoms with Gasteiger partial charge < -0.3 is 4.57 Å². The Morgan fingerprint density at radius 3 is 2.42 bits per heavy atom. The van der Waals surface area contributed by atoms with Crippen molar-refractivity contribution in [3.63, 3.8) is 0 Å². The van der Waals surface area contributed by atoms with Crippen LogP contribution in [0, 0.1) is 0 Å². The topological polar surface area (TPSA) is 39.1 Å². The van der Waals surface area contributed by atoms with Crippen LogP contribution in [0.1, 0.15) is 12.5 Å². The summed E-state index contributed by atoms with van der Waals surface area (Å²) in [6.45, 7) is 0. The molecule has 0 spiro atoms. The van der Waals surface area contributed by atoms with Gasteiger partial charge in [0, 0.05) is 18.4 Å². The van der Waals surface area contributed by atoms with Crippen molar-refractivity contribution in [1.82, 2.24) is 4.57 Å². The van der Waals surface area contributed by atoms with E-state index in [9.17, 15) is 8.42 Å². The van der Waals surface area contributed by atoms with E-state index in [1.807, 2.05) is 29.1 Å². The molecule has 1 atom stereocenters. The summed E-state index contributed by atoms with van der Waals surface area (Å²) in [5.41, 5.74) is 0. The summed E-state index contributed by atoms with van der Waals surface area (Å²) in [5, 5.41) is 0. The van der Waals surface area contributed by atoms with Gasteiger partial charge in [0.1, 0.15) is 0 Å². The average molecular weight is 185 g/mol. The standard InChI is InChI=1S/C8H11NO2S/c10-12(11)6-3-8(7-12)9-4-1-2-5-9/h1-2,4-5,8H,3,6-7H2. The van der Waals surface area contributed by atoms with E-state index >= 15 is 0 Å². The Morgan fingerprint density at radius 1 is 1.25 bits per heavy atom. The normalized spacial score (nSPS) is 27.5. The Bertz CT molecular complexity index is 352. The predicted molar refractivity (Wildman–Crippen MR) is 46.7 cm³/mol. The largest absolute Gasteiger partial charge is 0.350 e. The van der Waals surface area contributed by atoms with Gasteiger partial charge in [-0.05, 0) is 18.6 Å². The molecule has 1 aromatic rings. The SMILES string of the molecule is O=S1(=O)CCC(n2cccc2)C1. The molecule has 1 aromatic heterocycles. The van der Waals surface area contributed by atoms with Crippen LogP contribution in [0.5, 0.6) is 0 Å². The minimum absolute atomic E-state index is 0.171. The van der Waals surface area contributed by atoms with Crippen molar-refractivity contribution in [3.8, 4) is 0 Å². The molecule has 1 saturated heterocycles. The number of hydrogen-bond donors (Lipinski definition) is 0. The van der Waals surface area contributed by atoms with E-state index in [1.165, 1.54) is 0 Å². The quantitative estimate of drug-likeness (QED) is 0.650. The number of aromatic nitrogens is 1. The predicted octanol–water partition coefficient (Wildman–Crippen LogP) is 0.848. The van der Waals surface area contributed by atoms with Crippen LogP contribution in [0.25, 0.3) is 0 Å². The van der Waals surface area contributed by atoms with Crippen molar-refractivity contribution in [2.45, 2.75) is 12.5 Å². The lowest BCUT2D eigenvalue weighted by molar-refractivity contribution is 0.558. The van der Waals surface area contributed by atoms with Gasteiger partial charge in [-0.3, -0.25) is 0 Å². The molecule has 1 aliphatic rings. The first-order valence-electron chi connectivity index (χ1n) is 4.00. The smallest absolute Gasteiger partial charge is 0.152 e. The van der Waals surface area contributed by atoms with Gasteiger partial charge in [0.15, 0.2) is 9.84 Å². The minimum atomic E-state index is -2.74. The van der Waals surface area contributed by atoms with Crippen molar-refractivity contribution in [1.29, 1.82) is 0 Å². The molecule has 66 valence electrons. The highest BCUT2D eigenvalue weighted by molar-refractivity contribution is 7.91. The summed E-state index contributed by atoms with van der Waals surface area (Å²) in [6.07, 6.45) is 4.61. The number of sulfone groups is 1.